The molecule has 0 spiro atoms. The lowest BCUT2D eigenvalue weighted by Gasteiger charge is -2.07. The number of hydrogen-bond donors (Lipinski definition) is 1. The number of nitrogen functional groups attached to an aromatic ring is 1. The summed E-state index contributed by atoms with van der Waals surface area (Å²) in [5.41, 5.74) is 5.35. The van der Waals surface area contributed by atoms with Gasteiger partial charge < -0.3 is 5.73 Å². The number of anilines is 1. The fourth-order valence-electron chi connectivity index (χ4n) is 2.13. The van der Waals surface area contributed by atoms with Crippen LogP contribution in [0.2, 0.25) is 0 Å². The van der Waals surface area contributed by atoms with Gasteiger partial charge in [0, 0.05) is 11.8 Å². The highest BCUT2D eigenvalue weighted by molar-refractivity contribution is 5.85. The number of nitrogens with zero attached hydrogens (tertiary/aromatic N) is 2. The van der Waals surface area contributed by atoms with Gasteiger partial charge in [-0.2, -0.15) is 13.2 Å². The van der Waals surface area contributed by atoms with Gasteiger partial charge >= 0.3 is 6.18 Å². The molecule has 2 heterocycles. The number of rotatable bonds is 1. The maximum absolute atomic E-state index is 13.0. The lowest BCUT2D eigenvalue weighted by molar-refractivity contribution is -0.136. The van der Waals surface area contributed by atoms with E-state index in [1.54, 1.807) is 0 Å². The molecular formula is C14H10ClF4N3. The third-order valence-electron chi connectivity index (χ3n) is 3.11. The van der Waals surface area contributed by atoms with Gasteiger partial charge in [0.05, 0.1) is 5.56 Å². The Balaban J connectivity index is 0.00000176. The molecule has 2 aromatic heterocycles. The molecule has 8 heteroatoms. The SMILES string of the molecule is Cl.Nc1c(-c2ccc(F)cc2)nc2c(C(F)(F)F)cccn12. The van der Waals surface area contributed by atoms with Crippen molar-refractivity contribution in [1.29, 1.82) is 0 Å². The number of benzene rings is 1. The quantitative estimate of drug-likeness (QED) is 0.680. The van der Waals surface area contributed by atoms with E-state index in [2.05, 4.69) is 4.98 Å². The van der Waals surface area contributed by atoms with Crippen molar-refractivity contribution in [3.05, 3.63) is 54.0 Å². The molecule has 3 nitrogen and oxygen atoms in total. The molecule has 2 N–H and O–H groups in total. The van der Waals surface area contributed by atoms with Crippen LogP contribution in [0.25, 0.3) is 16.9 Å². The van der Waals surface area contributed by atoms with E-state index in [-0.39, 0.29) is 29.6 Å². The third-order valence-corrected chi connectivity index (χ3v) is 3.11. The number of aromatic nitrogens is 2. The van der Waals surface area contributed by atoms with E-state index in [1.807, 2.05) is 0 Å². The van der Waals surface area contributed by atoms with E-state index < -0.39 is 17.6 Å². The van der Waals surface area contributed by atoms with Crippen molar-refractivity contribution in [2.75, 3.05) is 5.73 Å². The van der Waals surface area contributed by atoms with Crippen LogP contribution in [-0.4, -0.2) is 9.38 Å². The van der Waals surface area contributed by atoms with Crippen molar-refractivity contribution in [1.82, 2.24) is 9.38 Å². The van der Waals surface area contributed by atoms with Crippen LogP contribution in [0, 0.1) is 5.82 Å². The van der Waals surface area contributed by atoms with Gasteiger partial charge in [-0.05, 0) is 36.4 Å². The summed E-state index contributed by atoms with van der Waals surface area (Å²) in [4.78, 5) is 3.97. The summed E-state index contributed by atoms with van der Waals surface area (Å²) in [6.45, 7) is 0. The highest BCUT2D eigenvalue weighted by Gasteiger charge is 2.34. The Labute approximate surface area is 128 Å². The first-order valence-corrected chi connectivity index (χ1v) is 5.97. The Morgan fingerprint density at radius 1 is 1.05 bits per heavy atom. The molecule has 3 aromatic rings. The molecule has 0 saturated carbocycles. The van der Waals surface area contributed by atoms with Crippen LogP contribution in [0.1, 0.15) is 5.56 Å². The molecule has 1 aromatic carbocycles. The lowest BCUT2D eigenvalue weighted by Crippen LogP contribution is -2.07. The van der Waals surface area contributed by atoms with E-state index in [0.29, 0.717) is 5.56 Å². The molecule has 0 aliphatic heterocycles. The van der Waals surface area contributed by atoms with Crippen LogP contribution in [0.15, 0.2) is 42.6 Å². The maximum atomic E-state index is 13.0. The highest BCUT2D eigenvalue weighted by atomic mass is 35.5. The van der Waals surface area contributed by atoms with E-state index in [4.69, 9.17) is 5.73 Å². The summed E-state index contributed by atoms with van der Waals surface area (Å²) in [7, 11) is 0. The zero-order valence-corrected chi connectivity index (χ0v) is 11.7. The summed E-state index contributed by atoms with van der Waals surface area (Å²) in [6, 6.07) is 7.42. The average molecular weight is 332 g/mol. The van der Waals surface area contributed by atoms with E-state index in [0.717, 1.165) is 6.07 Å². The number of halogens is 5. The van der Waals surface area contributed by atoms with Crippen molar-refractivity contribution >= 4 is 23.9 Å². The molecule has 0 fully saturated rings. The molecule has 116 valence electrons. The molecule has 0 unspecified atom stereocenters. The molecule has 0 radical (unpaired) electrons. The van der Waals surface area contributed by atoms with Gasteiger partial charge in [-0.25, -0.2) is 9.37 Å². The second kappa shape index (κ2) is 5.49. The number of imidazole rings is 1. The Kier molecular flexibility index (Phi) is 4.02. The van der Waals surface area contributed by atoms with Crippen LogP contribution in [0.4, 0.5) is 23.4 Å². The Morgan fingerprint density at radius 3 is 2.27 bits per heavy atom. The van der Waals surface area contributed by atoms with Gasteiger partial charge in [0.15, 0.2) is 5.65 Å². The standard InChI is InChI=1S/C14H9F4N3.ClH/c15-9-5-3-8(4-6-9)11-12(19)21-7-1-2-10(13(21)20-11)14(16,17)18;/h1-7H,19H2;1H. The fraction of sp³-hybridized carbons (Fsp3) is 0.0714. The normalized spacial score (nSPS) is 11.5. The average Bonchev–Trinajstić information content (AvgIpc) is 2.76. The third kappa shape index (κ3) is 2.59. The summed E-state index contributed by atoms with van der Waals surface area (Å²) in [5, 5.41) is 0. The largest absolute Gasteiger partial charge is 0.419 e. The van der Waals surface area contributed by atoms with Crippen LogP contribution < -0.4 is 5.73 Å². The van der Waals surface area contributed by atoms with Gasteiger partial charge in [-0.15, -0.1) is 12.4 Å². The van der Waals surface area contributed by atoms with E-state index in [1.165, 1.54) is 40.9 Å². The van der Waals surface area contributed by atoms with Crippen LogP contribution >= 0.6 is 12.4 Å². The fourth-order valence-corrected chi connectivity index (χ4v) is 2.13. The molecule has 22 heavy (non-hydrogen) atoms. The van der Waals surface area contributed by atoms with E-state index in [9.17, 15) is 17.6 Å². The molecule has 0 saturated heterocycles. The molecule has 0 atom stereocenters. The van der Waals surface area contributed by atoms with Crippen molar-refractivity contribution < 1.29 is 17.6 Å². The van der Waals surface area contributed by atoms with Crippen molar-refractivity contribution in [3.8, 4) is 11.3 Å². The second-order valence-corrected chi connectivity index (χ2v) is 4.47. The van der Waals surface area contributed by atoms with Crippen molar-refractivity contribution in [2.24, 2.45) is 0 Å². The van der Waals surface area contributed by atoms with E-state index >= 15 is 0 Å². The number of nitrogens with two attached hydrogens (primary N) is 1. The summed E-state index contributed by atoms with van der Waals surface area (Å²) < 4.78 is 53.0. The molecule has 3 rings (SSSR count). The van der Waals surface area contributed by atoms with Gasteiger partial charge in [-0.1, -0.05) is 0 Å². The predicted octanol–water partition coefficient (Wildman–Crippen LogP) is 4.16. The number of pyridine rings is 1. The van der Waals surface area contributed by atoms with Crippen LogP contribution in [0.3, 0.4) is 0 Å². The Morgan fingerprint density at radius 2 is 1.68 bits per heavy atom. The van der Waals surface area contributed by atoms with Crippen LogP contribution in [-0.2, 0) is 6.18 Å². The van der Waals surface area contributed by atoms with Gasteiger partial charge in [0.2, 0.25) is 0 Å². The van der Waals surface area contributed by atoms with Crippen LogP contribution in [0.5, 0.6) is 0 Å². The second-order valence-electron chi connectivity index (χ2n) is 4.47. The molecule has 0 aliphatic carbocycles. The monoisotopic (exact) mass is 331 g/mol. The Bertz CT molecular complexity index is 809. The lowest BCUT2D eigenvalue weighted by atomic mass is 10.1. The summed E-state index contributed by atoms with van der Waals surface area (Å²) in [5.74, 6) is -0.375. The smallest absolute Gasteiger partial charge is 0.383 e. The van der Waals surface area contributed by atoms with Gasteiger partial charge in [0.1, 0.15) is 17.3 Å². The first-order chi connectivity index (χ1) is 9.88. The zero-order valence-electron chi connectivity index (χ0n) is 10.9. The number of fused-ring (bicyclic) bond motifs is 1. The topological polar surface area (TPSA) is 43.3 Å². The number of alkyl halides is 3. The zero-order chi connectivity index (χ0) is 15.2. The minimum absolute atomic E-state index is 0. The first-order valence-electron chi connectivity index (χ1n) is 5.97. The molecule has 0 bridgehead atoms. The van der Waals surface area contributed by atoms with Gasteiger partial charge in [0.25, 0.3) is 0 Å². The minimum atomic E-state index is -4.53. The van der Waals surface area contributed by atoms with Gasteiger partial charge in [-0.3, -0.25) is 4.40 Å². The minimum Gasteiger partial charge on any atom is -0.383 e. The van der Waals surface area contributed by atoms with Crippen molar-refractivity contribution in [2.45, 2.75) is 6.18 Å². The maximum Gasteiger partial charge on any atom is 0.419 e. The molecule has 0 amide bonds. The molecular weight excluding hydrogens is 322 g/mol. The Hall–Kier alpha value is -2.28. The van der Waals surface area contributed by atoms with Crippen molar-refractivity contribution in [3.63, 3.8) is 0 Å². The predicted molar refractivity (Wildman–Crippen MR) is 77.2 cm³/mol. The molecule has 0 aliphatic rings. The summed E-state index contributed by atoms with van der Waals surface area (Å²) >= 11 is 0. The summed E-state index contributed by atoms with van der Waals surface area (Å²) in [6.07, 6.45) is -3.12. The highest BCUT2D eigenvalue weighted by Crippen LogP contribution is 2.35. The number of hydrogen-bond acceptors (Lipinski definition) is 2. The first kappa shape index (κ1) is 16.1.